The average molecular weight is 497 g/mol. The molecule has 0 aliphatic heterocycles. The first-order chi connectivity index (χ1) is 17.2. The molecule has 0 radical (unpaired) electrons. The maximum Gasteiger partial charge on any atom is 0.419 e. The molecule has 1 fully saturated rings. The topological polar surface area (TPSA) is 0 Å². The molecule has 0 nitrogen and oxygen atoms in total. The molecule has 0 bridgehead atoms. The zero-order chi connectivity index (χ0) is 25.7. The molecule has 0 N–H and O–H groups in total. The number of alkyl halides is 3. The van der Waals surface area contributed by atoms with Crippen LogP contribution in [0.15, 0.2) is 61.2 Å². The molecule has 0 aromatic heterocycles. The van der Waals surface area contributed by atoms with Crippen molar-refractivity contribution in [2.24, 2.45) is 11.8 Å². The number of benzene rings is 3. The first-order valence-corrected chi connectivity index (χ1v) is 12.5. The highest BCUT2D eigenvalue weighted by atomic mass is 19.4. The smallest absolute Gasteiger partial charge is 0.206 e. The second kappa shape index (κ2) is 11.3. The second-order valence-electron chi connectivity index (χ2n) is 9.72. The summed E-state index contributed by atoms with van der Waals surface area (Å²) in [5.41, 5.74) is -0.0134. The minimum absolute atomic E-state index is 0.0464. The molecule has 188 valence electrons. The highest BCUT2D eigenvalue weighted by Gasteiger charge is 2.33. The van der Waals surface area contributed by atoms with Gasteiger partial charge in [-0.05, 0) is 72.7 Å². The highest BCUT2D eigenvalue weighted by Crippen LogP contribution is 2.34. The minimum atomic E-state index is -4.77. The van der Waals surface area contributed by atoms with Crippen LogP contribution in [-0.4, -0.2) is 0 Å². The van der Waals surface area contributed by atoms with Gasteiger partial charge in [-0.3, -0.25) is 0 Å². The summed E-state index contributed by atoms with van der Waals surface area (Å²) < 4.78 is 67.0. The Hall–Kier alpha value is -3.13. The fraction of sp³-hybridized carbons (Fsp3) is 0.355. The van der Waals surface area contributed by atoms with Gasteiger partial charge in [0.1, 0.15) is 11.6 Å². The molecule has 0 atom stereocenters. The minimum Gasteiger partial charge on any atom is -0.206 e. The first-order valence-electron chi connectivity index (χ1n) is 12.5. The van der Waals surface area contributed by atoms with Gasteiger partial charge in [-0.1, -0.05) is 67.9 Å². The van der Waals surface area contributed by atoms with Gasteiger partial charge in [-0.15, -0.1) is 6.58 Å². The Balaban J connectivity index is 1.42. The van der Waals surface area contributed by atoms with Crippen molar-refractivity contribution in [1.82, 2.24) is 0 Å². The van der Waals surface area contributed by atoms with E-state index in [1.807, 2.05) is 18.2 Å². The summed E-state index contributed by atoms with van der Waals surface area (Å²) in [6.45, 7) is 3.81. The van der Waals surface area contributed by atoms with Crippen molar-refractivity contribution in [1.29, 1.82) is 0 Å². The van der Waals surface area contributed by atoms with Gasteiger partial charge in [0.05, 0.1) is 11.1 Å². The molecule has 0 spiro atoms. The van der Waals surface area contributed by atoms with Crippen LogP contribution < -0.4 is 0 Å². The predicted octanol–water partition coefficient (Wildman–Crippen LogP) is 9.24. The molecule has 0 heterocycles. The molecule has 0 unspecified atom stereocenters. The fourth-order valence-electron chi connectivity index (χ4n) is 5.09. The van der Waals surface area contributed by atoms with Gasteiger partial charge in [-0.2, -0.15) is 13.2 Å². The third kappa shape index (κ3) is 6.35. The summed E-state index contributed by atoms with van der Waals surface area (Å²) in [5, 5.41) is 1.22. The summed E-state index contributed by atoms with van der Waals surface area (Å²) in [7, 11) is 0. The summed E-state index contributed by atoms with van der Waals surface area (Å²) >= 11 is 0. The first kappa shape index (κ1) is 25.9. The highest BCUT2D eigenvalue weighted by molar-refractivity contribution is 5.85. The van der Waals surface area contributed by atoms with Crippen LogP contribution in [0, 0.1) is 35.3 Å². The van der Waals surface area contributed by atoms with E-state index in [0.29, 0.717) is 11.5 Å². The maximum atomic E-state index is 15.1. The van der Waals surface area contributed by atoms with Crippen molar-refractivity contribution in [3.05, 3.63) is 95.1 Å². The third-order valence-corrected chi connectivity index (χ3v) is 7.22. The summed E-state index contributed by atoms with van der Waals surface area (Å²) in [6, 6.07) is 11.5. The molecule has 0 amide bonds. The van der Waals surface area contributed by atoms with E-state index in [1.54, 1.807) is 18.2 Å². The van der Waals surface area contributed by atoms with E-state index >= 15 is 4.39 Å². The Morgan fingerprint density at radius 1 is 0.861 bits per heavy atom. The normalized spacial score (nSPS) is 18.0. The Morgan fingerprint density at radius 2 is 1.58 bits per heavy atom. The van der Waals surface area contributed by atoms with Crippen LogP contribution in [0.25, 0.3) is 10.8 Å². The summed E-state index contributed by atoms with van der Waals surface area (Å²) in [5.74, 6) is 4.88. The summed E-state index contributed by atoms with van der Waals surface area (Å²) in [4.78, 5) is 0. The number of aryl methyl sites for hydroxylation is 1. The van der Waals surface area contributed by atoms with Gasteiger partial charge in [0, 0.05) is 10.9 Å². The van der Waals surface area contributed by atoms with Crippen molar-refractivity contribution in [3.8, 4) is 11.8 Å². The van der Waals surface area contributed by atoms with Crippen molar-refractivity contribution in [2.45, 2.75) is 57.5 Å². The molecular formula is C31H29F5. The Morgan fingerprint density at radius 3 is 2.25 bits per heavy atom. The number of fused-ring (bicyclic) bond motifs is 1. The lowest BCUT2D eigenvalue weighted by Gasteiger charge is -2.28. The molecule has 1 aliphatic carbocycles. The molecule has 3 aromatic rings. The van der Waals surface area contributed by atoms with Gasteiger partial charge >= 0.3 is 6.18 Å². The maximum absolute atomic E-state index is 15.1. The van der Waals surface area contributed by atoms with Crippen LogP contribution in [0.5, 0.6) is 0 Å². The largest absolute Gasteiger partial charge is 0.419 e. The zero-order valence-corrected chi connectivity index (χ0v) is 20.1. The van der Waals surface area contributed by atoms with Gasteiger partial charge in [0.2, 0.25) is 0 Å². The molecule has 0 saturated heterocycles. The fourth-order valence-corrected chi connectivity index (χ4v) is 5.09. The molecule has 4 rings (SSSR count). The number of hydrogen-bond donors (Lipinski definition) is 0. The molecule has 36 heavy (non-hydrogen) atoms. The van der Waals surface area contributed by atoms with Crippen molar-refractivity contribution in [3.63, 3.8) is 0 Å². The van der Waals surface area contributed by atoms with E-state index < -0.39 is 23.4 Å². The van der Waals surface area contributed by atoms with E-state index in [1.165, 1.54) is 37.7 Å². The predicted molar refractivity (Wildman–Crippen MR) is 134 cm³/mol. The van der Waals surface area contributed by atoms with Crippen LogP contribution >= 0.6 is 0 Å². The molecule has 5 heteroatoms. The lowest BCUT2D eigenvalue weighted by molar-refractivity contribution is -0.140. The zero-order valence-electron chi connectivity index (χ0n) is 20.1. The van der Waals surface area contributed by atoms with Gasteiger partial charge < -0.3 is 0 Å². The SMILES string of the molecule is C=CCCC1CCC(CCc2ccc3c(F)c(C#Cc4ccc(C(F)(F)F)c(F)c4)ccc3c2)CC1. The number of halogens is 5. The van der Waals surface area contributed by atoms with Crippen LogP contribution in [0.4, 0.5) is 22.0 Å². The van der Waals surface area contributed by atoms with Crippen molar-refractivity contribution in [2.75, 3.05) is 0 Å². The second-order valence-corrected chi connectivity index (χ2v) is 9.72. The standard InChI is InChI=1S/C31H29F5/c1-2-3-4-21-5-7-22(8-6-21)9-10-23-12-17-27-26(19-23)16-15-25(30(27)33)14-11-24-13-18-28(29(32)20-24)31(34,35)36/h2,12-13,15-22H,1,3-10H2. The average Bonchev–Trinajstić information content (AvgIpc) is 2.85. The molecule has 1 aliphatic rings. The van der Waals surface area contributed by atoms with E-state index in [4.69, 9.17) is 0 Å². The van der Waals surface area contributed by atoms with Crippen LogP contribution in [0.3, 0.4) is 0 Å². The van der Waals surface area contributed by atoms with Crippen molar-refractivity contribution < 1.29 is 22.0 Å². The van der Waals surface area contributed by atoms with E-state index in [-0.39, 0.29) is 11.1 Å². The number of rotatable bonds is 6. The number of hydrogen-bond acceptors (Lipinski definition) is 0. The Labute approximate surface area is 209 Å². The molecule has 3 aromatic carbocycles. The Bertz CT molecular complexity index is 1280. The van der Waals surface area contributed by atoms with Gasteiger partial charge in [0.25, 0.3) is 0 Å². The van der Waals surface area contributed by atoms with Crippen molar-refractivity contribution >= 4 is 10.8 Å². The monoisotopic (exact) mass is 496 g/mol. The van der Waals surface area contributed by atoms with E-state index in [2.05, 4.69) is 18.4 Å². The third-order valence-electron chi connectivity index (χ3n) is 7.22. The quantitative estimate of drug-likeness (QED) is 0.181. The van der Waals surface area contributed by atoms with Crippen LogP contribution in [0.2, 0.25) is 0 Å². The summed E-state index contributed by atoms with van der Waals surface area (Å²) in [6.07, 6.45) is 6.81. The van der Waals surface area contributed by atoms with E-state index in [9.17, 15) is 17.6 Å². The Kier molecular flexibility index (Phi) is 8.14. The van der Waals surface area contributed by atoms with Gasteiger partial charge in [-0.25, -0.2) is 8.78 Å². The lowest BCUT2D eigenvalue weighted by atomic mass is 9.78. The van der Waals surface area contributed by atoms with E-state index in [0.717, 1.165) is 48.6 Å². The molecular weight excluding hydrogens is 467 g/mol. The molecule has 1 saturated carbocycles. The number of allylic oxidation sites excluding steroid dienone is 1. The van der Waals surface area contributed by atoms with Crippen LogP contribution in [-0.2, 0) is 12.6 Å². The lowest BCUT2D eigenvalue weighted by Crippen LogP contribution is -2.15. The van der Waals surface area contributed by atoms with Gasteiger partial charge in [0.15, 0.2) is 0 Å². The van der Waals surface area contributed by atoms with Crippen LogP contribution in [0.1, 0.15) is 67.2 Å².